The van der Waals surface area contributed by atoms with E-state index >= 15 is 0 Å². The molecule has 22 heavy (non-hydrogen) atoms. The Balaban J connectivity index is 2.31. The number of benzene rings is 1. The summed E-state index contributed by atoms with van der Waals surface area (Å²) in [6.07, 6.45) is 2.95. The van der Waals surface area contributed by atoms with Gasteiger partial charge in [-0.3, -0.25) is 9.59 Å². The standard InChI is InChI=1S/C16H23N3O3/c1-4-5-8-17-16(21)11-22-18-10-15(20)19-14-7-6-12(2)9-13(14)3/h6-7,9-10H,4-5,8,11H2,1-3H3,(H,17,21)(H,19,20)/b18-10-. The second-order valence-corrected chi connectivity index (χ2v) is 5.02. The number of aryl methyl sites for hydroxylation is 2. The van der Waals surface area contributed by atoms with Crippen LogP contribution in [0.15, 0.2) is 23.4 Å². The van der Waals surface area contributed by atoms with Crippen molar-refractivity contribution in [2.45, 2.75) is 33.6 Å². The molecule has 1 aromatic rings. The van der Waals surface area contributed by atoms with Crippen molar-refractivity contribution in [3.8, 4) is 0 Å². The number of amides is 2. The minimum absolute atomic E-state index is 0.197. The number of hydrogen-bond donors (Lipinski definition) is 2. The molecular weight excluding hydrogens is 282 g/mol. The zero-order chi connectivity index (χ0) is 16.4. The molecule has 0 saturated carbocycles. The zero-order valence-corrected chi connectivity index (χ0v) is 13.3. The molecule has 0 aromatic heterocycles. The Hall–Kier alpha value is -2.37. The Morgan fingerprint density at radius 1 is 1.32 bits per heavy atom. The van der Waals surface area contributed by atoms with Crippen LogP contribution in [-0.2, 0) is 14.4 Å². The molecule has 0 spiro atoms. The van der Waals surface area contributed by atoms with E-state index in [0.29, 0.717) is 6.54 Å². The van der Waals surface area contributed by atoms with Crippen LogP contribution in [-0.4, -0.2) is 31.2 Å². The molecule has 6 heteroatoms. The van der Waals surface area contributed by atoms with E-state index in [4.69, 9.17) is 4.84 Å². The molecule has 1 rings (SSSR count). The van der Waals surface area contributed by atoms with Gasteiger partial charge >= 0.3 is 0 Å². The Kier molecular flexibility index (Phi) is 7.67. The van der Waals surface area contributed by atoms with Crippen LogP contribution in [0, 0.1) is 13.8 Å². The van der Waals surface area contributed by atoms with Crippen LogP contribution in [0.4, 0.5) is 5.69 Å². The normalized spacial score (nSPS) is 10.5. The predicted octanol–water partition coefficient (Wildman–Crippen LogP) is 2.16. The van der Waals surface area contributed by atoms with Crippen LogP contribution in [0.25, 0.3) is 0 Å². The van der Waals surface area contributed by atoms with Crippen molar-refractivity contribution in [1.82, 2.24) is 5.32 Å². The van der Waals surface area contributed by atoms with Gasteiger partial charge in [0, 0.05) is 12.2 Å². The first-order chi connectivity index (χ1) is 10.5. The Morgan fingerprint density at radius 3 is 2.77 bits per heavy atom. The Morgan fingerprint density at radius 2 is 2.09 bits per heavy atom. The SMILES string of the molecule is CCCCNC(=O)CO/N=C\C(=O)Nc1ccc(C)cc1C. The lowest BCUT2D eigenvalue weighted by Gasteiger charge is -2.06. The van der Waals surface area contributed by atoms with E-state index in [-0.39, 0.29) is 12.5 Å². The molecule has 2 amide bonds. The predicted molar refractivity (Wildman–Crippen MR) is 86.9 cm³/mol. The quantitative estimate of drug-likeness (QED) is 0.439. The summed E-state index contributed by atoms with van der Waals surface area (Å²) in [6.45, 7) is 6.37. The monoisotopic (exact) mass is 305 g/mol. The van der Waals surface area contributed by atoms with Crippen LogP contribution in [0.5, 0.6) is 0 Å². The van der Waals surface area contributed by atoms with Gasteiger partial charge in [0.05, 0.1) is 0 Å². The molecule has 2 N–H and O–H groups in total. The molecule has 0 radical (unpaired) electrons. The summed E-state index contributed by atoms with van der Waals surface area (Å²) in [4.78, 5) is 27.8. The summed E-state index contributed by atoms with van der Waals surface area (Å²) in [6, 6.07) is 5.72. The van der Waals surface area contributed by atoms with Gasteiger partial charge in [-0.2, -0.15) is 0 Å². The first-order valence-corrected chi connectivity index (χ1v) is 7.33. The lowest BCUT2D eigenvalue weighted by molar-refractivity contribution is -0.125. The van der Waals surface area contributed by atoms with Gasteiger partial charge in [-0.05, 0) is 31.9 Å². The Labute approximate surface area is 130 Å². The highest BCUT2D eigenvalue weighted by atomic mass is 16.6. The summed E-state index contributed by atoms with van der Waals surface area (Å²) < 4.78 is 0. The van der Waals surface area contributed by atoms with Crippen molar-refractivity contribution in [2.24, 2.45) is 5.16 Å². The highest BCUT2D eigenvalue weighted by Gasteiger charge is 2.03. The van der Waals surface area contributed by atoms with Crippen LogP contribution in [0.1, 0.15) is 30.9 Å². The molecule has 0 atom stereocenters. The molecule has 0 unspecified atom stereocenters. The largest absolute Gasteiger partial charge is 0.386 e. The summed E-state index contributed by atoms with van der Waals surface area (Å²) in [5.41, 5.74) is 2.82. The summed E-state index contributed by atoms with van der Waals surface area (Å²) in [5.74, 6) is -0.654. The lowest BCUT2D eigenvalue weighted by Crippen LogP contribution is -2.27. The summed E-state index contributed by atoms with van der Waals surface area (Å²) in [7, 11) is 0. The average Bonchev–Trinajstić information content (AvgIpc) is 2.47. The van der Waals surface area contributed by atoms with Crippen molar-refractivity contribution >= 4 is 23.7 Å². The van der Waals surface area contributed by atoms with E-state index in [0.717, 1.165) is 35.9 Å². The molecule has 120 valence electrons. The van der Waals surface area contributed by atoms with E-state index in [1.165, 1.54) is 0 Å². The van der Waals surface area contributed by atoms with Crippen molar-refractivity contribution < 1.29 is 14.4 Å². The fourth-order valence-electron chi connectivity index (χ4n) is 1.76. The Bertz CT molecular complexity index is 541. The number of rotatable bonds is 8. The third-order valence-corrected chi connectivity index (χ3v) is 2.93. The topological polar surface area (TPSA) is 79.8 Å². The zero-order valence-electron chi connectivity index (χ0n) is 13.3. The fourth-order valence-corrected chi connectivity index (χ4v) is 1.76. The minimum Gasteiger partial charge on any atom is -0.386 e. The van der Waals surface area contributed by atoms with Gasteiger partial charge in [-0.25, -0.2) is 0 Å². The van der Waals surface area contributed by atoms with Crippen LogP contribution < -0.4 is 10.6 Å². The lowest BCUT2D eigenvalue weighted by atomic mass is 10.1. The first kappa shape index (κ1) is 17.7. The maximum absolute atomic E-state index is 11.7. The number of nitrogens with zero attached hydrogens (tertiary/aromatic N) is 1. The van der Waals surface area contributed by atoms with Crippen molar-refractivity contribution in [1.29, 1.82) is 0 Å². The first-order valence-electron chi connectivity index (χ1n) is 7.33. The molecule has 0 saturated heterocycles. The summed E-state index contributed by atoms with van der Waals surface area (Å²) >= 11 is 0. The molecule has 0 heterocycles. The number of oxime groups is 1. The molecule has 0 aliphatic rings. The van der Waals surface area contributed by atoms with Gasteiger partial charge in [0.25, 0.3) is 11.8 Å². The van der Waals surface area contributed by atoms with Gasteiger partial charge < -0.3 is 15.5 Å². The third-order valence-electron chi connectivity index (χ3n) is 2.93. The fraction of sp³-hybridized carbons (Fsp3) is 0.438. The average molecular weight is 305 g/mol. The van der Waals surface area contributed by atoms with E-state index in [1.807, 2.05) is 39.0 Å². The van der Waals surface area contributed by atoms with E-state index < -0.39 is 5.91 Å². The van der Waals surface area contributed by atoms with E-state index in [1.54, 1.807) is 0 Å². The minimum atomic E-state index is -0.404. The molecule has 1 aromatic carbocycles. The van der Waals surface area contributed by atoms with Crippen molar-refractivity contribution in [3.63, 3.8) is 0 Å². The molecule has 0 aliphatic heterocycles. The second kappa shape index (κ2) is 9.55. The number of anilines is 1. The van der Waals surface area contributed by atoms with Gasteiger partial charge in [0.15, 0.2) is 6.61 Å². The van der Waals surface area contributed by atoms with Gasteiger partial charge in [-0.15, -0.1) is 0 Å². The maximum atomic E-state index is 11.7. The number of nitrogens with one attached hydrogen (secondary N) is 2. The third kappa shape index (κ3) is 6.88. The van der Waals surface area contributed by atoms with Gasteiger partial charge in [0.2, 0.25) is 0 Å². The van der Waals surface area contributed by atoms with Crippen LogP contribution >= 0.6 is 0 Å². The molecule has 6 nitrogen and oxygen atoms in total. The smallest absolute Gasteiger partial charge is 0.270 e. The highest BCUT2D eigenvalue weighted by molar-refractivity contribution is 6.31. The molecule has 0 aliphatic carbocycles. The number of carbonyl (C=O) groups is 2. The van der Waals surface area contributed by atoms with E-state index in [9.17, 15) is 9.59 Å². The number of unbranched alkanes of at least 4 members (excludes halogenated alkanes) is 1. The van der Waals surface area contributed by atoms with Crippen LogP contribution in [0.3, 0.4) is 0 Å². The number of carbonyl (C=O) groups excluding carboxylic acids is 2. The highest BCUT2D eigenvalue weighted by Crippen LogP contribution is 2.15. The van der Waals surface area contributed by atoms with Crippen LogP contribution in [0.2, 0.25) is 0 Å². The second-order valence-electron chi connectivity index (χ2n) is 5.02. The van der Waals surface area contributed by atoms with Gasteiger partial charge in [-0.1, -0.05) is 36.2 Å². The van der Waals surface area contributed by atoms with Crippen molar-refractivity contribution in [3.05, 3.63) is 29.3 Å². The molecular formula is C16H23N3O3. The van der Waals surface area contributed by atoms with Gasteiger partial charge in [0.1, 0.15) is 6.21 Å². The summed E-state index contributed by atoms with van der Waals surface area (Å²) in [5, 5.41) is 8.87. The van der Waals surface area contributed by atoms with Crippen molar-refractivity contribution in [2.75, 3.05) is 18.5 Å². The van der Waals surface area contributed by atoms with E-state index in [2.05, 4.69) is 15.8 Å². The number of hydrogen-bond acceptors (Lipinski definition) is 4. The molecule has 0 fully saturated rings. The molecule has 0 bridgehead atoms. The maximum Gasteiger partial charge on any atom is 0.270 e.